The van der Waals surface area contributed by atoms with Gasteiger partial charge in [-0.05, 0) is 70.1 Å². The molecule has 0 aromatic heterocycles. The van der Waals surface area contributed by atoms with Crippen LogP contribution in [0.1, 0.15) is 51.3 Å². The van der Waals surface area contributed by atoms with E-state index in [-0.39, 0.29) is 17.5 Å². The smallest absolute Gasteiger partial charge is 0.315 e. The lowest BCUT2D eigenvalue weighted by atomic mass is 9.87. The molecule has 0 radical (unpaired) electrons. The van der Waals surface area contributed by atoms with Crippen LogP contribution in [0.3, 0.4) is 0 Å². The normalized spacial score (nSPS) is 12.2. The Kier molecular flexibility index (Phi) is 8.38. The summed E-state index contributed by atoms with van der Waals surface area (Å²) in [6.07, 6.45) is 0.720. The van der Waals surface area contributed by atoms with Crippen molar-refractivity contribution in [3.8, 4) is 11.5 Å². The molecule has 0 aliphatic rings. The molecule has 2 aromatic rings. The van der Waals surface area contributed by atoms with Crippen molar-refractivity contribution in [2.24, 2.45) is 0 Å². The van der Waals surface area contributed by atoms with Gasteiger partial charge in [-0.2, -0.15) is 0 Å². The van der Waals surface area contributed by atoms with Gasteiger partial charge in [0.25, 0.3) is 0 Å². The highest BCUT2D eigenvalue weighted by atomic mass is 79.9. The van der Waals surface area contributed by atoms with E-state index in [1.807, 2.05) is 37.3 Å². The Hall–Kier alpha value is -2.21. The van der Waals surface area contributed by atoms with E-state index in [0.717, 1.165) is 28.0 Å². The van der Waals surface area contributed by atoms with Gasteiger partial charge in [0.2, 0.25) is 0 Å². The first-order chi connectivity index (χ1) is 13.7. The molecule has 158 valence electrons. The van der Waals surface area contributed by atoms with Crippen LogP contribution in [-0.4, -0.2) is 26.3 Å². The van der Waals surface area contributed by atoms with Gasteiger partial charge < -0.3 is 20.1 Å². The highest BCUT2D eigenvalue weighted by Gasteiger charge is 2.15. The molecular weight excluding hydrogens is 432 g/mol. The first-order valence-corrected chi connectivity index (χ1v) is 10.6. The fourth-order valence-corrected chi connectivity index (χ4v) is 3.26. The van der Waals surface area contributed by atoms with Gasteiger partial charge in [-0.25, -0.2) is 4.79 Å². The van der Waals surface area contributed by atoms with Gasteiger partial charge in [-0.3, -0.25) is 0 Å². The number of carbonyl (C=O) groups excluding carboxylic acids is 1. The highest BCUT2D eigenvalue weighted by Crippen LogP contribution is 2.31. The maximum atomic E-state index is 12.1. The molecule has 2 amide bonds. The van der Waals surface area contributed by atoms with Crippen LogP contribution in [0.15, 0.2) is 46.9 Å². The molecule has 0 aliphatic carbocycles. The second-order valence-electron chi connectivity index (χ2n) is 7.99. The van der Waals surface area contributed by atoms with E-state index in [0.29, 0.717) is 13.2 Å². The van der Waals surface area contributed by atoms with Crippen molar-refractivity contribution >= 4 is 22.0 Å². The lowest BCUT2D eigenvalue weighted by Gasteiger charge is -2.20. The molecule has 0 aliphatic heterocycles. The van der Waals surface area contributed by atoms with Crippen molar-refractivity contribution < 1.29 is 14.3 Å². The van der Waals surface area contributed by atoms with Crippen molar-refractivity contribution in [1.29, 1.82) is 0 Å². The summed E-state index contributed by atoms with van der Waals surface area (Å²) in [6, 6.07) is 13.6. The first kappa shape index (κ1) is 23.1. The molecule has 0 saturated carbocycles. The molecule has 0 bridgehead atoms. The van der Waals surface area contributed by atoms with Gasteiger partial charge in [-0.15, -0.1) is 0 Å². The largest absolute Gasteiger partial charge is 0.497 e. The van der Waals surface area contributed by atoms with Gasteiger partial charge >= 0.3 is 6.03 Å². The van der Waals surface area contributed by atoms with Gasteiger partial charge in [0.15, 0.2) is 0 Å². The van der Waals surface area contributed by atoms with Crippen LogP contribution in [0, 0.1) is 0 Å². The monoisotopic (exact) mass is 462 g/mol. The molecule has 1 unspecified atom stereocenters. The van der Waals surface area contributed by atoms with Crippen molar-refractivity contribution in [2.75, 3.05) is 20.3 Å². The molecular formula is C23H31BrN2O3. The number of hydrogen-bond donors (Lipinski definition) is 2. The quantitative estimate of drug-likeness (QED) is 0.502. The Labute approximate surface area is 182 Å². The number of nitrogens with one attached hydrogen (secondary N) is 2. The molecule has 0 fully saturated rings. The van der Waals surface area contributed by atoms with E-state index in [1.165, 1.54) is 5.56 Å². The van der Waals surface area contributed by atoms with Gasteiger partial charge in [0.05, 0.1) is 24.2 Å². The average molecular weight is 463 g/mol. The van der Waals surface area contributed by atoms with Crippen LogP contribution >= 0.6 is 15.9 Å². The summed E-state index contributed by atoms with van der Waals surface area (Å²) >= 11 is 3.58. The van der Waals surface area contributed by atoms with Crippen LogP contribution in [0.25, 0.3) is 0 Å². The average Bonchev–Trinajstić information content (AvgIpc) is 2.68. The molecule has 29 heavy (non-hydrogen) atoms. The van der Waals surface area contributed by atoms with Gasteiger partial charge in [0.1, 0.15) is 11.5 Å². The maximum absolute atomic E-state index is 12.1. The molecule has 0 heterocycles. The number of urea groups is 1. The van der Waals surface area contributed by atoms with E-state index < -0.39 is 0 Å². The molecule has 0 spiro atoms. The minimum absolute atomic E-state index is 0.0885. The predicted octanol–water partition coefficient (Wildman–Crippen LogP) is 5.58. The van der Waals surface area contributed by atoms with Crippen LogP contribution in [0.2, 0.25) is 0 Å². The standard InChI is InChI=1S/C23H31BrN2O3/c1-16(17-7-10-19(28-5)11-8-17)26-22(27)25-13-6-14-29-21-12-9-18(15-20(21)24)23(2,3)4/h7-12,15-16H,6,13-14H2,1-5H3,(H2,25,26,27). The van der Waals surface area contributed by atoms with E-state index in [4.69, 9.17) is 9.47 Å². The summed E-state index contributed by atoms with van der Waals surface area (Å²) in [5, 5.41) is 5.80. The summed E-state index contributed by atoms with van der Waals surface area (Å²) < 4.78 is 11.9. The zero-order valence-corrected chi connectivity index (χ0v) is 19.4. The number of methoxy groups -OCH3 is 1. The Morgan fingerprint density at radius 3 is 2.41 bits per heavy atom. The number of rotatable bonds is 8. The van der Waals surface area contributed by atoms with Crippen LogP contribution in [-0.2, 0) is 5.41 Å². The Bertz CT molecular complexity index is 801. The molecule has 2 rings (SSSR count). The molecule has 5 nitrogen and oxygen atoms in total. The number of ether oxygens (including phenoxy) is 2. The van der Waals surface area contributed by atoms with Crippen LogP contribution in [0.5, 0.6) is 11.5 Å². The van der Waals surface area contributed by atoms with Crippen LogP contribution in [0.4, 0.5) is 4.79 Å². The molecule has 2 N–H and O–H groups in total. The lowest BCUT2D eigenvalue weighted by molar-refractivity contribution is 0.236. The minimum Gasteiger partial charge on any atom is -0.497 e. The minimum atomic E-state index is -0.191. The summed E-state index contributed by atoms with van der Waals surface area (Å²) in [4.78, 5) is 12.1. The second kappa shape index (κ2) is 10.5. The van der Waals surface area contributed by atoms with Crippen LogP contribution < -0.4 is 20.1 Å². The van der Waals surface area contributed by atoms with Crippen molar-refractivity contribution in [2.45, 2.75) is 45.6 Å². The number of benzene rings is 2. The SMILES string of the molecule is COc1ccc(C(C)NC(=O)NCCCOc2ccc(C(C)(C)C)cc2Br)cc1. The third-order valence-electron chi connectivity index (χ3n) is 4.63. The Morgan fingerprint density at radius 2 is 1.83 bits per heavy atom. The molecule has 1 atom stereocenters. The van der Waals surface area contributed by atoms with Crippen molar-refractivity contribution in [3.05, 3.63) is 58.1 Å². The molecule has 0 saturated heterocycles. The van der Waals surface area contributed by atoms with Gasteiger partial charge in [0, 0.05) is 6.54 Å². The third kappa shape index (κ3) is 7.28. The number of carbonyl (C=O) groups is 1. The zero-order chi connectivity index (χ0) is 21.4. The lowest BCUT2D eigenvalue weighted by Crippen LogP contribution is -2.37. The molecule has 2 aromatic carbocycles. The van der Waals surface area contributed by atoms with E-state index in [9.17, 15) is 4.79 Å². The fourth-order valence-electron chi connectivity index (χ4n) is 2.76. The van der Waals surface area contributed by atoms with E-state index in [1.54, 1.807) is 7.11 Å². The topological polar surface area (TPSA) is 59.6 Å². The van der Waals surface area contributed by atoms with E-state index >= 15 is 0 Å². The predicted molar refractivity (Wildman–Crippen MR) is 121 cm³/mol. The summed E-state index contributed by atoms with van der Waals surface area (Å²) in [7, 11) is 1.63. The third-order valence-corrected chi connectivity index (χ3v) is 5.25. The Balaban J connectivity index is 1.70. The number of hydrogen-bond acceptors (Lipinski definition) is 3. The van der Waals surface area contributed by atoms with Crippen molar-refractivity contribution in [3.63, 3.8) is 0 Å². The summed E-state index contributed by atoms with van der Waals surface area (Å²) in [5.41, 5.74) is 2.37. The zero-order valence-electron chi connectivity index (χ0n) is 17.8. The summed E-state index contributed by atoms with van der Waals surface area (Å²) in [5.74, 6) is 1.61. The van der Waals surface area contributed by atoms with Crippen molar-refractivity contribution in [1.82, 2.24) is 10.6 Å². The molecule has 6 heteroatoms. The number of halogens is 1. The maximum Gasteiger partial charge on any atom is 0.315 e. The van der Waals surface area contributed by atoms with Gasteiger partial charge in [-0.1, -0.05) is 39.0 Å². The highest BCUT2D eigenvalue weighted by molar-refractivity contribution is 9.10. The fraction of sp³-hybridized carbons (Fsp3) is 0.435. The second-order valence-corrected chi connectivity index (χ2v) is 8.85. The Morgan fingerprint density at radius 1 is 1.14 bits per heavy atom. The summed E-state index contributed by atoms with van der Waals surface area (Å²) in [6.45, 7) is 9.56. The number of amides is 2. The van der Waals surface area contributed by atoms with E-state index in [2.05, 4.69) is 59.5 Å². The first-order valence-electron chi connectivity index (χ1n) is 9.82.